The fourth-order valence-corrected chi connectivity index (χ4v) is 3.20. The molecule has 0 saturated carbocycles. The second-order valence-electron chi connectivity index (χ2n) is 6.55. The van der Waals surface area contributed by atoms with E-state index in [9.17, 15) is 4.79 Å². The van der Waals surface area contributed by atoms with Crippen molar-refractivity contribution in [3.63, 3.8) is 0 Å². The lowest BCUT2D eigenvalue weighted by Gasteiger charge is -2.10. The van der Waals surface area contributed by atoms with Crippen LogP contribution < -0.4 is 10.1 Å². The Hall–Kier alpha value is -2.50. The smallest absolute Gasteiger partial charge is 0.262 e. The normalized spacial score (nSPS) is 10.8. The molecular formula is C21H21Cl2N3O2. The molecule has 0 saturated heterocycles. The van der Waals surface area contributed by atoms with Gasteiger partial charge in [-0.1, -0.05) is 47.5 Å². The van der Waals surface area contributed by atoms with Crippen LogP contribution in [0, 0.1) is 20.8 Å². The average Bonchev–Trinajstić information content (AvgIpc) is 2.91. The van der Waals surface area contributed by atoms with Gasteiger partial charge >= 0.3 is 0 Å². The van der Waals surface area contributed by atoms with Gasteiger partial charge in [-0.15, -0.1) is 0 Å². The number of hydrogen-bond donors (Lipinski definition) is 1. The fourth-order valence-electron chi connectivity index (χ4n) is 2.88. The molecule has 3 rings (SSSR count). The highest BCUT2D eigenvalue weighted by Gasteiger charge is 2.15. The van der Waals surface area contributed by atoms with Gasteiger partial charge in [0, 0.05) is 0 Å². The summed E-state index contributed by atoms with van der Waals surface area (Å²) in [5.41, 5.74) is 4.24. The number of carbonyl (C=O) groups excluding carboxylic acids is 1. The number of aromatic nitrogens is 2. The third-order valence-corrected chi connectivity index (χ3v) is 5.15. The Labute approximate surface area is 174 Å². The molecule has 0 aliphatic rings. The van der Waals surface area contributed by atoms with Gasteiger partial charge < -0.3 is 10.1 Å². The van der Waals surface area contributed by atoms with Gasteiger partial charge in [-0.2, -0.15) is 5.10 Å². The third-order valence-electron chi connectivity index (χ3n) is 4.41. The molecule has 0 aliphatic heterocycles. The second-order valence-corrected chi connectivity index (χ2v) is 7.37. The topological polar surface area (TPSA) is 56.1 Å². The molecule has 1 amide bonds. The summed E-state index contributed by atoms with van der Waals surface area (Å²) < 4.78 is 7.44. The van der Waals surface area contributed by atoms with Crippen molar-refractivity contribution in [2.75, 3.05) is 11.9 Å². The Morgan fingerprint density at radius 3 is 2.57 bits per heavy atom. The number of rotatable bonds is 6. The van der Waals surface area contributed by atoms with Crippen molar-refractivity contribution in [3.8, 4) is 5.75 Å². The third kappa shape index (κ3) is 4.66. The quantitative estimate of drug-likeness (QED) is 0.600. The maximum Gasteiger partial charge on any atom is 0.262 e. The van der Waals surface area contributed by atoms with Crippen molar-refractivity contribution in [2.24, 2.45) is 0 Å². The van der Waals surface area contributed by atoms with E-state index < -0.39 is 0 Å². The highest BCUT2D eigenvalue weighted by molar-refractivity contribution is 6.42. The van der Waals surface area contributed by atoms with Crippen LogP contribution in [0.15, 0.2) is 42.5 Å². The molecule has 0 atom stereocenters. The Kier molecular flexibility index (Phi) is 6.27. The van der Waals surface area contributed by atoms with Gasteiger partial charge in [0.15, 0.2) is 6.61 Å². The van der Waals surface area contributed by atoms with Crippen LogP contribution in [0.1, 0.15) is 22.5 Å². The summed E-state index contributed by atoms with van der Waals surface area (Å²) in [6.45, 7) is 6.17. The van der Waals surface area contributed by atoms with Crippen molar-refractivity contribution < 1.29 is 9.53 Å². The van der Waals surface area contributed by atoms with Crippen molar-refractivity contribution in [3.05, 3.63) is 75.0 Å². The van der Waals surface area contributed by atoms with E-state index in [1.165, 1.54) is 0 Å². The van der Waals surface area contributed by atoms with Crippen molar-refractivity contribution >= 4 is 34.8 Å². The van der Waals surface area contributed by atoms with Gasteiger partial charge in [-0.3, -0.25) is 9.48 Å². The molecule has 5 nitrogen and oxygen atoms in total. The highest BCUT2D eigenvalue weighted by Crippen LogP contribution is 2.25. The molecule has 1 heterocycles. The van der Waals surface area contributed by atoms with Gasteiger partial charge in [-0.05, 0) is 50.1 Å². The first-order valence-electron chi connectivity index (χ1n) is 8.81. The molecule has 0 spiro atoms. The van der Waals surface area contributed by atoms with Crippen LogP contribution in [0.2, 0.25) is 10.0 Å². The van der Waals surface area contributed by atoms with Crippen LogP contribution in [-0.4, -0.2) is 22.3 Å². The molecule has 0 radical (unpaired) electrons. The van der Waals surface area contributed by atoms with E-state index in [2.05, 4.69) is 10.4 Å². The lowest BCUT2D eigenvalue weighted by atomic mass is 10.2. The minimum atomic E-state index is -0.233. The van der Waals surface area contributed by atoms with Crippen LogP contribution in [-0.2, 0) is 11.3 Å². The first kappa shape index (κ1) is 20.2. The number of amides is 1. The first-order chi connectivity index (χ1) is 13.3. The molecule has 0 fully saturated rings. The van der Waals surface area contributed by atoms with E-state index >= 15 is 0 Å². The van der Waals surface area contributed by atoms with E-state index in [4.69, 9.17) is 27.9 Å². The van der Waals surface area contributed by atoms with Crippen LogP contribution >= 0.6 is 23.2 Å². The number of nitrogens with one attached hydrogen (secondary N) is 1. The van der Waals surface area contributed by atoms with E-state index in [1.807, 2.05) is 61.9 Å². The Morgan fingerprint density at radius 1 is 1.11 bits per heavy atom. The number of benzene rings is 2. The predicted octanol–water partition coefficient (Wildman–Crippen LogP) is 5.18. The van der Waals surface area contributed by atoms with Gasteiger partial charge in [-0.25, -0.2) is 0 Å². The number of carbonyl (C=O) groups is 1. The Morgan fingerprint density at radius 2 is 1.86 bits per heavy atom. The summed E-state index contributed by atoms with van der Waals surface area (Å²) in [5.74, 6) is 0.463. The summed E-state index contributed by atoms with van der Waals surface area (Å²) in [4.78, 5) is 12.3. The molecule has 2 aromatic carbocycles. The van der Waals surface area contributed by atoms with Crippen molar-refractivity contribution in [2.45, 2.75) is 27.3 Å². The molecular weight excluding hydrogens is 397 g/mol. The lowest BCUT2D eigenvalue weighted by molar-refractivity contribution is -0.118. The number of ether oxygens (including phenoxy) is 1. The molecule has 1 aromatic heterocycles. The van der Waals surface area contributed by atoms with E-state index in [0.717, 1.165) is 22.5 Å². The molecule has 7 heteroatoms. The fraction of sp³-hybridized carbons (Fsp3) is 0.238. The zero-order valence-corrected chi connectivity index (χ0v) is 17.4. The Balaban J connectivity index is 1.68. The maximum absolute atomic E-state index is 12.3. The summed E-state index contributed by atoms with van der Waals surface area (Å²) in [6.07, 6.45) is 0. The van der Waals surface area contributed by atoms with Crippen LogP contribution in [0.25, 0.3) is 0 Å². The summed E-state index contributed by atoms with van der Waals surface area (Å²) >= 11 is 12.1. The highest BCUT2D eigenvalue weighted by atomic mass is 35.5. The average molecular weight is 418 g/mol. The zero-order chi connectivity index (χ0) is 20.3. The SMILES string of the molecule is Cc1ccccc1OCC(=O)Nc1c(C)nn(Cc2ccc(Cl)c(Cl)c2)c1C. The van der Waals surface area contributed by atoms with E-state index in [1.54, 1.807) is 6.07 Å². The first-order valence-corrected chi connectivity index (χ1v) is 9.57. The number of nitrogens with zero attached hydrogens (tertiary/aromatic N) is 2. The molecule has 1 N–H and O–H groups in total. The standard InChI is InChI=1S/C21H21Cl2N3O2/c1-13-6-4-5-7-19(13)28-12-20(27)24-21-14(2)25-26(15(21)3)11-16-8-9-17(22)18(23)10-16/h4-10H,11-12H2,1-3H3,(H,24,27). The molecule has 3 aromatic rings. The van der Waals surface area contributed by atoms with Gasteiger partial charge in [0.1, 0.15) is 5.75 Å². The largest absolute Gasteiger partial charge is 0.483 e. The zero-order valence-electron chi connectivity index (χ0n) is 15.9. The predicted molar refractivity (Wildman–Crippen MR) is 113 cm³/mol. The van der Waals surface area contributed by atoms with E-state index in [0.29, 0.717) is 28.0 Å². The minimum Gasteiger partial charge on any atom is -0.483 e. The molecule has 28 heavy (non-hydrogen) atoms. The monoisotopic (exact) mass is 417 g/mol. The number of para-hydroxylation sites is 1. The van der Waals surface area contributed by atoms with Crippen molar-refractivity contribution in [1.29, 1.82) is 0 Å². The van der Waals surface area contributed by atoms with Crippen LogP contribution in [0.5, 0.6) is 5.75 Å². The van der Waals surface area contributed by atoms with Crippen LogP contribution in [0.3, 0.4) is 0 Å². The molecule has 146 valence electrons. The van der Waals surface area contributed by atoms with Crippen LogP contribution in [0.4, 0.5) is 5.69 Å². The molecule has 0 aliphatic carbocycles. The maximum atomic E-state index is 12.3. The number of halogens is 2. The molecule has 0 unspecified atom stereocenters. The number of aryl methyl sites for hydroxylation is 2. The minimum absolute atomic E-state index is 0.0678. The van der Waals surface area contributed by atoms with Gasteiger partial charge in [0.2, 0.25) is 0 Å². The summed E-state index contributed by atoms with van der Waals surface area (Å²) in [5, 5.41) is 8.45. The van der Waals surface area contributed by atoms with Gasteiger partial charge in [0.05, 0.1) is 33.7 Å². The lowest BCUT2D eigenvalue weighted by Crippen LogP contribution is -2.21. The second kappa shape index (κ2) is 8.67. The summed E-state index contributed by atoms with van der Waals surface area (Å²) in [7, 11) is 0. The molecule has 0 bridgehead atoms. The number of anilines is 1. The summed E-state index contributed by atoms with van der Waals surface area (Å²) in [6, 6.07) is 13.1. The number of hydrogen-bond acceptors (Lipinski definition) is 3. The Bertz CT molecular complexity index is 1010. The van der Waals surface area contributed by atoms with Crippen molar-refractivity contribution in [1.82, 2.24) is 9.78 Å². The van der Waals surface area contributed by atoms with E-state index in [-0.39, 0.29) is 12.5 Å². The van der Waals surface area contributed by atoms with Gasteiger partial charge in [0.25, 0.3) is 5.91 Å².